The highest BCUT2D eigenvalue weighted by molar-refractivity contribution is 6.87. The van der Waals surface area contributed by atoms with E-state index in [4.69, 9.17) is 14.0 Å². The average Bonchev–Trinajstić information content (AvgIpc) is 2.91. The molecule has 0 aliphatic heterocycles. The molecule has 0 fully saturated rings. The molecule has 2 aromatic rings. The highest BCUT2D eigenvalue weighted by Crippen LogP contribution is 2.24. The van der Waals surface area contributed by atoms with Gasteiger partial charge in [-0.05, 0) is 58.3 Å². The largest absolute Gasteiger partial charge is 0.437 e. The summed E-state index contributed by atoms with van der Waals surface area (Å²) >= 11 is 0. The van der Waals surface area contributed by atoms with Crippen LogP contribution >= 0.6 is 0 Å². The van der Waals surface area contributed by atoms with Gasteiger partial charge >= 0.3 is 8.56 Å². The van der Waals surface area contributed by atoms with E-state index >= 15 is 0 Å². The molecule has 0 aromatic carbocycles. The molecule has 0 radical (unpaired) electrons. The standard InChI is InChI=1S/C18H37N5O2Si3/c1-26(2,3)24-28(6,7)25-27(4,5)13-11-9-8-10-12-23-15-22-16-17(19)20-14-21-18(16)23/h14-15H,8-13H2,1-7H3,(H2,19,20,21). The second-order valence-electron chi connectivity index (χ2n) is 9.51. The summed E-state index contributed by atoms with van der Waals surface area (Å²) in [6.07, 6.45) is 8.05. The fourth-order valence-electron chi connectivity index (χ4n) is 3.72. The molecule has 0 aliphatic rings. The van der Waals surface area contributed by atoms with E-state index in [0.29, 0.717) is 11.3 Å². The zero-order chi connectivity index (χ0) is 21.0. The Morgan fingerprint density at radius 2 is 1.57 bits per heavy atom. The minimum Gasteiger partial charge on any atom is -0.437 e. The third-order valence-corrected chi connectivity index (χ3v) is 14.6. The summed E-state index contributed by atoms with van der Waals surface area (Å²) < 4.78 is 15.0. The lowest BCUT2D eigenvalue weighted by Gasteiger charge is -2.37. The Hall–Kier alpha value is -1.08. The first-order valence-electron chi connectivity index (χ1n) is 10.2. The number of fused-ring (bicyclic) bond motifs is 1. The molecular formula is C18H37N5O2Si3. The summed E-state index contributed by atoms with van der Waals surface area (Å²) in [4.78, 5) is 12.6. The van der Waals surface area contributed by atoms with Gasteiger partial charge in [0.15, 0.2) is 28.1 Å². The SMILES string of the molecule is C[Si](C)(C)O[Si](C)(C)O[Si](C)(C)CCCCCCn1cnc2c(N)ncnc21. The minimum absolute atomic E-state index is 0.445. The van der Waals surface area contributed by atoms with E-state index in [1.54, 1.807) is 0 Å². The van der Waals surface area contributed by atoms with Crippen molar-refractivity contribution in [2.45, 2.75) is 84.1 Å². The summed E-state index contributed by atoms with van der Waals surface area (Å²) in [5.41, 5.74) is 7.36. The quantitative estimate of drug-likeness (QED) is 0.402. The average molecular weight is 440 g/mol. The van der Waals surface area contributed by atoms with Crippen LogP contribution in [-0.4, -0.2) is 44.7 Å². The number of rotatable bonds is 11. The molecule has 0 unspecified atom stereocenters. The van der Waals surface area contributed by atoms with Gasteiger partial charge < -0.3 is 18.5 Å². The second-order valence-corrected chi connectivity index (χ2v) is 22.2. The molecular weight excluding hydrogens is 402 g/mol. The molecule has 0 saturated heterocycles. The van der Waals surface area contributed by atoms with Gasteiger partial charge in [0.25, 0.3) is 0 Å². The van der Waals surface area contributed by atoms with Gasteiger partial charge in [-0.15, -0.1) is 0 Å². The third-order valence-electron chi connectivity index (χ3n) is 4.43. The van der Waals surface area contributed by atoms with Crippen LogP contribution < -0.4 is 5.73 Å². The predicted octanol–water partition coefficient (Wildman–Crippen LogP) is 4.74. The summed E-state index contributed by atoms with van der Waals surface area (Å²) in [6, 6.07) is 1.19. The van der Waals surface area contributed by atoms with Crippen molar-refractivity contribution in [3.63, 3.8) is 0 Å². The number of imidazole rings is 1. The van der Waals surface area contributed by atoms with Crippen molar-refractivity contribution in [3.8, 4) is 0 Å². The number of nitrogen functional groups attached to an aromatic ring is 1. The first kappa shape index (κ1) is 23.2. The number of aromatic nitrogens is 4. The van der Waals surface area contributed by atoms with Crippen molar-refractivity contribution in [1.29, 1.82) is 0 Å². The van der Waals surface area contributed by atoms with Crippen LogP contribution in [0.1, 0.15) is 25.7 Å². The summed E-state index contributed by atoms with van der Waals surface area (Å²) in [5, 5.41) is 0. The fraction of sp³-hybridized carbons (Fsp3) is 0.722. The van der Waals surface area contributed by atoms with Crippen LogP contribution in [0.2, 0.25) is 51.9 Å². The van der Waals surface area contributed by atoms with E-state index in [1.807, 2.05) is 6.33 Å². The van der Waals surface area contributed by atoms with Gasteiger partial charge in [0.2, 0.25) is 0 Å². The van der Waals surface area contributed by atoms with E-state index in [0.717, 1.165) is 18.6 Å². The van der Waals surface area contributed by atoms with E-state index in [-0.39, 0.29) is 0 Å². The molecule has 2 aromatic heterocycles. The monoisotopic (exact) mass is 439 g/mol. The Kier molecular flexibility index (Phi) is 7.59. The molecule has 158 valence electrons. The second kappa shape index (κ2) is 9.16. The van der Waals surface area contributed by atoms with E-state index in [1.165, 1.54) is 31.6 Å². The molecule has 10 heteroatoms. The number of nitrogens with zero attached hydrogens (tertiary/aromatic N) is 4. The zero-order valence-electron chi connectivity index (χ0n) is 18.6. The van der Waals surface area contributed by atoms with Crippen molar-refractivity contribution in [1.82, 2.24) is 19.5 Å². The molecule has 7 nitrogen and oxygen atoms in total. The van der Waals surface area contributed by atoms with Crippen molar-refractivity contribution in [3.05, 3.63) is 12.7 Å². The summed E-state index contributed by atoms with van der Waals surface area (Å²) in [5.74, 6) is 0.445. The van der Waals surface area contributed by atoms with E-state index < -0.39 is 25.2 Å². The highest BCUT2D eigenvalue weighted by atomic mass is 28.5. The summed E-state index contributed by atoms with van der Waals surface area (Å²) in [6.45, 7) is 16.7. The lowest BCUT2D eigenvalue weighted by atomic mass is 10.2. The van der Waals surface area contributed by atoms with Crippen molar-refractivity contribution in [2.75, 3.05) is 5.73 Å². The number of hydrogen-bond donors (Lipinski definition) is 1. The minimum atomic E-state index is -2.03. The fourth-order valence-corrected chi connectivity index (χ4v) is 17.0. The first-order valence-corrected chi connectivity index (χ1v) is 19.5. The van der Waals surface area contributed by atoms with Crippen LogP contribution in [0.15, 0.2) is 12.7 Å². The smallest absolute Gasteiger partial charge is 0.311 e. The maximum absolute atomic E-state index is 6.58. The van der Waals surface area contributed by atoms with Crippen molar-refractivity contribution < 1.29 is 8.23 Å². The molecule has 0 bridgehead atoms. The Labute approximate surface area is 172 Å². The molecule has 2 rings (SSSR count). The number of hydrogen-bond acceptors (Lipinski definition) is 6. The third kappa shape index (κ3) is 7.39. The molecule has 0 amide bonds. The van der Waals surface area contributed by atoms with Crippen LogP contribution in [0.25, 0.3) is 11.2 Å². The van der Waals surface area contributed by atoms with Crippen LogP contribution in [-0.2, 0) is 14.8 Å². The van der Waals surface area contributed by atoms with Gasteiger partial charge in [0, 0.05) is 6.54 Å². The van der Waals surface area contributed by atoms with Crippen LogP contribution in [0.4, 0.5) is 5.82 Å². The van der Waals surface area contributed by atoms with Crippen LogP contribution in [0.3, 0.4) is 0 Å². The highest BCUT2D eigenvalue weighted by Gasteiger charge is 2.37. The molecule has 0 aliphatic carbocycles. The normalized spacial score (nSPS) is 13.4. The van der Waals surface area contributed by atoms with Crippen LogP contribution in [0, 0.1) is 0 Å². The number of unbranched alkanes of at least 4 members (excludes halogenated alkanes) is 3. The molecule has 28 heavy (non-hydrogen) atoms. The van der Waals surface area contributed by atoms with Crippen LogP contribution in [0.5, 0.6) is 0 Å². The van der Waals surface area contributed by atoms with Crippen molar-refractivity contribution in [2.24, 2.45) is 0 Å². The van der Waals surface area contributed by atoms with Gasteiger partial charge in [-0.25, -0.2) is 15.0 Å². The number of nitrogens with two attached hydrogens (primary N) is 1. The topological polar surface area (TPSA) is 88.1 Å². The zero-order valence-corrected chi connectivity index (χ0v) is 21.6. The van der Waals surface area contributed by atoms with Gasteiger partial charge in [-0.1, -0.05) is 19.3 Å². The lowest BCUT2D eigenvalue weighted by Crippen LogP contribution is -2.51. The Morgan fingerprint density at radius 3 is 2.25 bits per heavy atom. The number of aryl methyl sites for hydroxylation is 1. The van der Waals surface area contributed by atoms with E-state index in [9.17, 15) is 0 Å². The lowest BCUT2D eigenvalue weighted by molar-refractivity contribution is 0.390. The van der Waals surface area contributed by atoms with Crippen molar-refractivity contribution >= 4 is 42.2 Å². The van der Waals surface area contributed by atoms with Gasteiger partial charge in [0.05, 0.1) is 6.33 Å². The van der Waals surface area contributed by atoms with Gasteiger partial charge in [-0.2, -0.15) is 0 Å². The maximum Gasteiger partial charge on any atom is 0.311 e. The molecule has 2 N–H and O–H groups in total. The van der Waals surface area contributed by atoms with Gasteiger partial charge in [0.1, 0.15) is 11.8 Å². The predicted molar refractivity (Wildman–Crippen MR) is 123 cm³/mol. The number of anilines is 1. The molecule has 2 heterocycles. The molecule has 0 spiro atoms. The Balaban J connectivity index is 1.71. The van der Waals surface area contributed by atoms with Gasteiger partial charge in [-0.3, -0.25) is 0 Å². The maximum atomic E-state index is 6.58. The Bertz CT molecular complexity index is 774. The molecule has 0 atom stereocenters. The molecule has 0 saturated carbocycles. The first-order chi connectivity index (χ1) is 12.9. The Morgan fingerprint density at radius 1 is 0.893 bits per heavy atom. The van der Waals surface area contributed by atoms with E-state index in [2.05, 4.69) is 65.3 Å². The summed E-state index contributed by atoms with van der Waals surface area (Å²) in [7, 11) is -5.26.